The monoisotopic (exact) mass is 236 g/mol. The molecular weight excluding hydrogens is 220 g/mol. The molecule has 92 valence electrons. The summed E-state index contributed by atoms with van der Waals surface area (Å²) in [5, 5.41) is 10.5. The maximum atomic E-state index is 11.7. The molecule has 0 spiro atoms. The highest BCUT2D eigenvalue weighted by Gasteiger charge is 2.10. The zero-order valence-corrected chi connectivity index (χ0v) is 10.0. The van der Waals surface area contributed by atoms with E-state index in [2.05, 4.69) is 0 Å². The van der Waals surface area contributed by atoms with Crippen molar-refractivity contribution in [3.05, 3.63) is 39.9 Å². The summed E-state index contributed by atoms with van der Waals surface area (Å²) in [6.45, 7) is 2.74. The van der Waals surface area contributed by atoms with Crippen LogP contribution in [0.3, 0.4) is 0 Å². The third-order valence-corrected chi connectivity index (χ3v) is 2.49. The van der Waals surface area contributed by atoms with Gasteiger partial charge in [-0.2, -0.15) is 0 Å². The molecule has 0 fully saturated rings. The van der Waals surface area contributed by atoms with Gasteiger partial charge < -0.3 is 4.90 Å². The van der Waals surface area contributed by atoms with E-state index in [0.29, 0.717) is 0 Å². The van der Waals surface area contributed by atoms with Gasteiger partial charge in [-0.05, 0) is 12.0 Å². The number of amides is 1. The fourth-order valence-corrected chi connectivity index (χ4v) is 1.51. The van der Waals surface area contributed by atoms with Gasteiger partial charge in [-0.15, -0.1) is 0 Å². The SMILES string of the molecule is CCCN(C)C(=O)Cc1ccc([N+](=O)[O-])cc1. The van der Waals surface area contributed by atoms with Gasteiger partial charge in [0.15, 0.2) is 0 Å². The molecule has 0 aliphatic heterocycles. The van der Waals surface area contributed by atoms with Crippen LogP contribution < -0.4 is 0 Å². The number of carbonyl (C=O) groups excluding carboxylic acids is 1. The van der Waals surface area contributed by atoms with E-state index in [-0.39, 0.29) is 18.0 Å². The Labute approximate surface area is 100 Å². The maximum absolute atomic E-state index is 11.7. The van der Waals surface area contributed by atoms with Crippen LogP contribution in [0.1, 0.15) is 18.9 Å². The molecular formula is C12H16N2O3. The number of rotatable bonds is 5. The van der Waals surface area contributed by atoms with Crippen LogP contribution in [0, 0.1) is 10.1 Å². The first-order valence-corrected chi connectivity index (χ1v) is 5.52. The average molecular weight is 236 g/mol. The van der Waals surface area contributed by atoms with Gasteiger partial charge in [0.25, 0.3) is 5.69 Å². The Hall–Kier alpha value is -1.91. The summed E-state index contributed by atoms with van der Waals surface area (Å²) in [5.74, 6) is 0.0284. The molecule has 0 aliphatic rings. The van der Waals surface area contributed by atoms with Crippen molar-refractivity contribution in [1.82, 2.24) is 4.90 Å². The number of benzene rings is 1. The van der Waals surface area contributed by atoms with E-state index < -0.39 is 4.92 Å². The van der Waals surface area contributed by atoms with Crippen LogP contribution >= 0.6 is 0 Å². The molecule has 0 aliphatic carbocycles. The lowest BCUT2D eigenvalue weighted by Gasteiger charge is -2.15. The fraction of sp³-hybridized carbons (Fsp3) is 0.417. The summed E-state index contributed by atoms with van der Waals surface area (Å²) in [5.41, 5.74) is 0.840. The van der Waals surface area contributed by atoms with Crippen LogP contribution in [0.4, 0.5) is 5.69 Å². The molecule has 0 bridgehead atoms. The van der Waals surface area contributed by atoms with E-state index in [1.807, 2.05) is 6.92 Å². The van der Waals surface area contributed by atoms with Crippen molar-refractivity contribution in [1.29, 1.82) is 0 Å². The molecule has 1 rings (SSSR count). The molecule has 0 saturated carbocycles. The van der Waals surface area contributed by atoms with Crippen LogP contribution in [0.2, 0.25) is 0 Å². The summed E-state index contributed by atoms with van der Waals surface area (Å²) in [7, 11) is 1.76. The molecule has 0 radical (unpaired) electrons. The number of hydrogen-bond acceptors (Lipinski definition) is 3. The van der Waals surface area contributed by atoms with Crippen LogP contribution in [0.5, 0.6) is 0 Å². The number of non-ortho nitro benzene ring substituents is 1. The van der Waals surface area contributed by atoms with Crippen LogP contribution in [-0.2, 0) is 11.2 Å². The van der Waals surface area contributed by atoms with Gasteiger partial charge in [0.1, 0.15) is 0 Å². The van der Waals surface area contributed by atoms with E-state index in [4.69, 9.17) is 0 Å². The van der Waals surface area contributed by atoms with E-state index in [1.165, 1.54) is 12.1 Å². The first kappa shape index (κ1) is 13.2. The van der Waals surface area contributed by atoms with Crippen molar-refractivity contribution >= 4 is 11.6 Å². The number of likely N-dealkylation sites (N-methyl/N-ethyl adjacent to an activating group) is 1. The molecule has 0 N–H and O–H groups in total. The summed E-state index contributed by atoms with van der Waals surface area (Å²) in [6, 6.07) is 6.08. The van der Waals surface area contributed by atoms with Crippen molar-refractivity contribution in [3.63, 3.8) is 0 Å². The number of nitro benzene ring substituents is 1. The Balaban J connectivity index is 2.63. The van der Waals surface area contributed by atoms with Crippen LogP contribution in [0.15, 0.2) is 24.3 Å². The van der Waals surface area contributed by atoms with Gasteiger partial charge in [0, 0.05) is 25.7 Å². The van der Waals surface area contributed by atoms with E-state index in [0.717, 1.165) is 18.5 Å². The number of hydrogen-bond donors (Lipinski definition) is 0. The van der Waals surface area contributed by atoms with E-state index in [9.17, 15) is 14.9 Å². The Morgan fingerprint density at radius 1 is 1.35 bits per heavy atom. The highest BCUT2D eigenvalue weighted by atomic mass is 16.6. The number of nitrogens with zero attached hydrogens (tertiary/aromatic N) is 2. The molecule has 0 saturated heterocycles. The van der Waals surface area contributed by atoms with E-state index in [1.54, 1.807) is 24.1 Å². The predicted molar refractivity (Wildman–Crippen MR) is 64.7 cm³/mol. The third-order valence-electron chi connectivity index (χ3n) is 2.49. The van der Waals surface area contributed by atoms with Gasteiger partial charge in [-0.25, -0.2) is 0 Å². The molecule has 5 heteroatoms. The maximum Gasteiger partial charge on any atom is 0.269 e. The van der Waals surface area contributed by atoms with Crippen molar-refractivity contribution in [2.45, 2.75) is 19.8 Å². The summed E-state index contributed by atoms with van der Waals surface area (Å²) in [6.07, 6.45) is 1.21. The first-order chi connectivity index (χ1) is 8.04. The molecule has 17 heavy (non-hydrogen) atoms. The third kappa shape index (κ3) is 3.86. The lowest BCUT2D eigenvalue weighted by atomic mass is 10.1. The van der Waals surface area contributed by atoms with Gasteiger partial charge >= 0.3 is 0 Å². The lowest BCUT2D eigenvalue weighted by Crippen LogP contribution is -2.28. The van der Waals surface area contributed by atoms with Gasteiger partial charge in [0.2, 0.25) is 5.91 Å². The predicted octanol–water partition coefficient (Wildman–Crippen LogP) is 2.01. The minimum atomic E-state index is -0.450. The minimum absolute atomic E-state index is 0.0284. The molecule has 1 amide bonds. The molecule has 0 atom stereocenters. The van der Waals surface area contributed by atoms with E-state index >= 15 is 0 Å². The molecule has 5 nitrogen and oxygen atoms in total. The Bertz CT molecular complexity index is 401. The second-order valence-corrected chi connectivity index (χ2v) is 3.92. The smallest absolute Gasteiger partial charge is 0.269 e. The minimum Gasteiger partial charge on any atom is -0.345 e. The highest BCUT2D eigenvalue weighted by Crippen LogP contribution is 2.12. The van der Waals surface area contributed by atoms with Crippen molar-refractivity contribution in [3.8, 4) is 0 Å². The average Bonchev–Trinajstić information content (AvgIpc) is 2.30. The quantitative estimate of drug-likeness (QED) is 0.580. The van der Waals surface area contributed by atoms with Crippen molar-refractivity contribution in [2.75, 3.05) is 13.6 Å². The lowest BCUT2D eigenvalue weighted by molar-refractivity contribution is -0.384. The van der Waals surface area contributed by atoms with Crippen LogP contribution in [0.25, 0.3) is 0 Å². The molecule has 0 aromatic heterocycles. The summed E-state index contributed by atoms with van der Waals surface area (Å²) >= 11 is 0. The summed E-state index contributed by atoms with van der Waals surface area (Å²) < 4.78 is 0. The normalized spacial score (nSPS) is 10.0. The topological polar surface area (TPSA) is 63.5 Å². The van der Waals surface area contributed by atoms with Gasteiger partial charge in [0.05, 0.1) is 11.3 Å². The van der Waals surface area contributed by atoms with Crippen molar-refractivity contribution in [2.24, 2.45) is 0 Å². The second kappa shape index (κ2) is 5.98. The molecule has 0 heterocycles. The zero-order chi connectivity index (χ0) is 12.8. The van der Waals surface area contributed by atoms with Crippen LogP contribution in [-0.4, -0.2) is 29.3 Å². The Kier molecular flexibility index (Phi) is 4.63. The van der Waals surface area contributed by atoms with Gasteiger partial charge in [-0.1, -0.05) is 19.1 Å². The zero-order valence-electron chi connectivity index (χ0n) is 10.0. The largest absolute Gasteiger partial charge is 0.345 e. The highest BCUT2D eigenvalue weighted by molar-refractivity contribution is 5.78. The molecule has 0 unspecified atom stereocenters. The number of nitro groups is 1. The fourth-order valence-electron chi connectivity index (χ4n) is 1.51. The Morgan fingerprint density at radius 2 is 1.94 bits per heavy atom. The number of carbonyl (C=O) groups is 1. The first-order valence-electron chi connectivity index (χ1n) is 5.52. The molecule has 1 aromatic carbocycles. The summed E-state index contributed by atoms with van der Waals surface area (Å²) in [4.78, 5) is 23.4. The van der Waals surface area contributed by atoms with Gasteiger partial charge in [-0.3, -0.25) is 14.9 Å². The second-order valence-electron chi connectivity index (χ2n) is 3.92. The Morgan fingerprint density at radius 3 is 2.41 bits per heavy atom. The standard InChI is InChI=1S/C12H16N2O3/c1-3-8-13(2)12(15)9-10-4-6-11(7-5-10)14(16)17/h4-7H,3,8-9H2,1-2H3. The van der Waals surface area contributed by atoms with Crippen molar-refractivity contribution < 1.29 is 9.72 Å². The molecule has 1 aromatic rings.